The number of para-hydroxylation sites is 1. The molecule has 0 aliphatic heterocycles. The van der Waals surface area contributed by atoms with E-state index < -0.39 is 0 Å². The van der Waals surface area contributed by atoms with Gasteiger partial charge in [-0.3, -0.25) is 0 Å². The number of benzene rings is 1. The normalized spacial score (nSPS) is 10.3. The van der Waals surface area contributed by atoms with Gasteiger partial charge in [0, 0.05) is 4.88 Å². The van der Waals surface area contributed by atoms with Crippen molar-refractivity contribution in [1.29, 1.82) is 0 Å². The smallest absolute Gasteiger partial charge is 0.152 e. The second-order valence-electron chi connectivity index (χ2n) is 3.13. The Labute approximate surface area is 98.1 Å². The van der Waals surface area contributed by atoms with Crippen LogP contribution in [0.25, 0.3) is 0 Å². The highest BCUT2D eigenvalue weighted by Crippen LogP contribution is 2.38. The molecule has 0 saturated carbocycles. The Morgan fingerprint density at radius 3 is 2.60 bits per heavy atom. The van der Waals surface area contributed by atoms with E-state index in [-0.39, 0.29) is 0 Å². The highest BCUT2D eigenvalue weighted by atomic mass is 32.2. The summed E-state index contributed by atoms with van der Waals surface area (Å²) < 4.78 is 7.04. The van der Waals surface area contributed by atoms with Crippen LogP contribution in [0, 0.1) is 6.92 Å². The Bertz CT molecular complexity index is 434. The van der Waals surface area contributed by atoms with Crippen LogP contribution in [0.2, 0.25) is 0 Å². The maximum absolute atomic E-state index is 5.81. The molecule has 0 fully saturated rings. The molecule has 1 heterocycles. The summed E-state index contributed by atoms with van der Waals surface area (Å²) in [4.78, 5) is 1.28. The van der Waals surface area contributed by atoms with Gasteiger partial charge >= 0.3 is 0 Å². The molecule has 3 heteroatoms. The number of thioether (sulfide) groups is 1. The second kappa shape index (κ2) is 4.73. The quantitative estimate of drug-likeness (QED) is 0.722. The summed E-state index contributed by atoms with van der Waals surface area (Å²) in [6.07, 6.45) is 2.07. The maximum Gasteiger partial charge on any atom is 0.152 e. The third kappa shape index (κ3) is 2.55. The van der Waals surface area contributed by atoms with Gasteiger partial charge in [-0.15, -0.1) is 23.1 Å². The molecule has 1 nitrogen and oxygen atoms in total. The van der Waals surface area contributed by atoms with Crippen LogP contribution in [0.1, 0.15) is 4.88 Å². The predicted octanol–water partition coefficient (Wildman–Crippen LogP) is 4.57. The molecule has 0 bridgehead atoms. The van der Waals surface area contributed by atoms with Gasteiger partial charge in [-0.1, -0.05) is 18.2 Å². The van der Waals surface area contributed by atoms with E-state index in [1.54, 1.807) is 23.1 Å². The van der Waals surface area contributed by atoms with Crippen molar-refractivity contribution in [3.05, 3.63) is 41.3 Å². The highest BCUT2D eigenvalue weighted by molar-refractivity contribution is 8.00. The summed E-state index contributed by atoms with van der Waals surface area (Å²) in [6, 6.07) is 12.0. The first-order chi connectivity index (χ1) is 7.29. The first-order valence-corrected chi connectivity index (χ1v) is 6.71. The largest absolute Gasteiger partial charge is 0.455 e. The van der Waals surface area contributed by atoms with Gasteiger partial charge in [0.05, 0.1) is 0 Å². The standard InChI is InChI=1S/C12H12OS2/c1-9-8-11(12(14-2)15-9)13-10-6-4-3-5-7-10/h3-8H,1-2H3. The number of ether oxygens (including phenoxy) is 1. The van der Waals surface area contributed by atoms with E-state index in [1.165, 1.54) is 9.09 Å². The van der Waals surface area contributed by atoms with Crippen LogP contribution < -0.4 is 4.74 Å². The SMILES string of the molecule is CSc1sc(C)cc1Oc1ccccc1. The van der Waals surface area contributed by atoms with E-state index in [0.717, 1.165) is 11.5 Å². The predicted molar refractivity (Wildman–Crippen MR) is 67.4 cm³/mol. The van der Waals surface area contributed by atoms with Crippen LogP contribution in [-0.4, -0.2) is 6.26 Å². The fraction of sp³-hybridized carbons (Fsp3) is 0.167. The zero-order valence-electron chi connectivity index (χ0n) is 8.69. The molecule has 0 saturated heterocycles. The Kier molecular flexibility index (Phi) is 3.34. The summed E-state index contributed by atoms with van der Waals surface area (Å²) in [5.74, 6) is 1.86. The van der Waals surface area contributed by atoms with E-state index in [1.807, 2.05) is 30.3 Å². The summed E-state index contributed by atoms with van der Waals surface area (Å²) >= 11 is 3.50. The Balaban J connectivity index is 2.24. The van der Waals surface area contributed by atoms with Crippen LogP contribution in [0.5, 0.6) is 11.5 Å². The molecule has 15 heavy (non-hydrogen) atoms. The Morgan fingerprint density at radius 1 is 1.20 bits per heavy atom. The van der Waals surface area contributed by atoms with Crippen molar-refractivity contribution in [2.75, 3.05) is 6.26 Å². The average Bonchev–Trinajstić information content (AvgIpc) is 2.60. The van der Waals surface area contributed by atoms with Crippen molar-refractivity contribution in [3.63, 3.8) is 0 Å². The van der Waals surface area contributed by atoms with Crippen LogP contribution in [0.3, 0.4) is 0 Å². The van der Waals surface area contributed by atoms with Crippen LogP contribution in [-0.2, 0) is 0 Å². The van der Waals surface area contributed by atoms with Crippen molar-refractivity contribution in [1.82, 2.24) is 0 Å². The molecular weight excluding hydrogens is 224 g/mol. The van der Waals surface area contributed by atoms with Gasteiger partial charge < -0.3 is 4.74 Å². The molecule has 2 rings (SSSR count). The van der Waals surface area contributed by atoms with Crippen LogP contribution in [0.4, 0.5) is 0 Å². The van der Waals surface area contributed by atoms with E-state index in [9.17, 15) is 0 Å². The monoisotopic (exact) mass is 236 g/mol. The van der Waals surface area contributed by atoms with Gasteiger partial charge in [0.1, 0.15) is 9.96 Å². The molecule has 0 spiro atoms. The lowest BCUT2D eigenvalue weighted by Crippen LogP contribution is -1.81. The fourth-order valence-corrected chi connectivity index (χ4v) is 2.99. The number of hydrogen-bond donors (Lipinski definition) is 0. The maximum atomic E-state index is 5.81. The summed E-state index contributed by atoms with van der Waals surface area (Å²) in [5, 5.41) is 0. The van der Waals surface area contributed by atoms with E-state index in [4.69, 9.17) is 4.74 Å². The lowest BCUT2D eigenvalue weighted by Gasteiger charge is -2.04. The first kappa shape index (κ1) is 10.6. The fourth-order valence-electron chi connectivity index (χ4n) is 1.30. The van der Waals surface area contributed by atoms with Gasteiger partial charge in [-0.25, -0.2) is 0 Å². The van der Waals surface area contributed by atoms with Gasteiger partial charge in [0.25, 0.3) is 0 Å². The Morgan fingerprint density at radius 2 is 1.93 bits per heavy atom. The minimum atomic E-state index is 0.894. The third-order valence-electron chi connectivity index (χ3n) is 1.95. The van der Waals surface area contributed by atoms with Crippen molar-refractivity contribution < 1.29 is 4.74 Å². The van der Waals surface area contributed by atoms with Crippen molar-refractivity contribution >= 4 is 23.1 Å². The van der Waals surface area contributed by atoms with Gasteiger partial charge in [-0.2, -0.15) is 0 Å². The summed E-state index contributed by atoms with van der Waals surface area (Å²) in [5.41, 5.74) is 0. The molecule has 0 N–H and O–H groups in total. The van der Waals surface area contributed by atoms with E-state index in [2.05, 4.69) is 19.2 Å². The van der Waals surface area contributed by atoms with Crippen molar-refractivity contribution in [3.8, 4) is 11.5 Å². The minimum Gasteiger partial charge on any atom is -0.455 e. The lowest BCUT2D eigenvalue weighted by molar-refractivity contribution is 0.475. The summed E-state index contributed by atoms with van der Waals surface area (Å²) in [7, 11) is 0. The zero-order valence-corrected chi connectivity index (χ0v) is 10.3. The minimum absolute atomic E-state index is 0.894. The number of hydrogen-bond acceptors (Lipinski definition) is 3. The average molecular weight is 236 g/mol. The molecule has 0 aliphatic rings. The van der Waals surface area contributed by atoms with Gasteiger partial charge in [0.15, 0.2) is 5.75 Å². The third-order valence-corrected chi connectivity index (χ3v) is 4.09. The van der Waals surface area contributed by atoms with E-state index in [0.29, 0.717) is 0 Å². The topological polar surface area (TPSA) is 9.23 Å². The molecule has 2 aromatic rings. The molecule has 1 aromatic heterocycles. The molecular formula is C12H12OS2. The van der Waals surface area contributed by atoms with Crippen molar-refractivity contribution in [2.24, 2.45) is 0 Å². The molecule has 1 aromatic carbocycles. The number of rotatable bonds is 3. The lowest BCUT2D eigenvalue weighted by atomic mass is 10.3. The molecule has 0 amide bonds. The van der Waals surface area contributed by atoms with Gasteiger partial charge in [-0.05, 0) is 31.4 Å². The number of aryl methyl sites for hydroxylation is 1. The molecule has 0 radical (unpaired) electrons. The van der Waals surface area contributed by atoms with E-state index >= 15 is 0 Å². The first-order valence-electron chi connectivity index (χ1n) is 4.67. The molecule has 0 atom stereocenters. The van der Waals surface area contributed by atoms with Crippen LogP contribution in [0.15, 0.2) is 40.6 Å². The number of thiophene rings is 1. The van der Waals surface area contributed by atoms with Crippen LogP contribution >= 0.6 is 23.1 Å². The summed E-state index contributed by atoms with van der Waals surface area (Å²) in [6.45, 7) is 2.10. The second-order valence-corrected chi connectivity index (χ2v) is 5.46. The van der Waals surface area contributed by atoms with Gasteiger partial charge in [0.2, 0.25) is 0 Å². The molecule has 78 valence electrons. The molecule has 0 unspecified atom stereocenters. The van der Waals surface area contributed by atoms with Crippen molar-refractivity contribution in [2.45, 2.75) is 11.1 Å². The molecule has 0 aliphatic carbocycles. The zero-order chi connectivity index (χ0) is 10.7. The highest BCUT2D eigenvalue weighted by Gasteiger charge is 2.07. The Hall–Kier alpha value is -0.930.